The van der Waals surface area contributed by atoms with E-state index in [4.69, 9.17) is 28.4 Å². The number of esters is 1. The molecule has 1 aliphatic carbocycles. The lowest BCUT2D eigenvalue weighted by molar-refractivity contribution is -0.362. The SMILES string of the molecule is CC1CC(OC2C(C)OC(OC3C(O)C(OCCc4ccc(O)cc4)OC(CO)C3OC(=O)/C=C/c3ccc(O)c(O)c3)C(O)C2O)C(O)C(O)C1O. The third-order valence-electron chi connectivity index (χ3n) is 9.74. The summed E-state index contributed by atoms with van der Waals surface area (Å²) in [6.45, 7) is 2.41. The van der Waals surface area contributed by atoms with Crippen molar-refractivity contribution in [3.63, 3.8) is 0 Å². The fourth-order valence-electron chi connectivity index (χ4n) is 6.62. The van der Waals surface area contributed by atoms with Gasteiger partial charge >= 0.3 is 5.97 Å². The maximum atomic E-state index is 13.0. The normalized spacial score (nSPS) is 37.8. The number of rotatable bonds is 12. The van der Waals surface area contributed by atoms with Crippen LogP contribution in [0, 0.1) is 5.92 Å². The Hall–Kier alpha value is -3.43. The second-order valence-corrected chi connectivity index (χ2v) is 13.6. The average Bonchev–Trinajstić information content (AvgIpc) is 3.13. The number of phenolic OH excluding ortho intramolecular Hbond substituents is 3. The number of aliphatic hydroxyl groups is 7. The average molecular weight is 753 g/mol. The first-order valence-corrected chi connectivity index (χ1v) is 17.3. The van der Waals surface area contributed by atoms with Crippen LogP contribution in [0.15, 0.2) is 48.5 Å². The van der Waals surface area contributed by atoms with E-state index in [-0.39, 0.29) is 24.5 Å². The van der Waals surface area contributed by atoms with Gasteiger partial charge in [0.1, 0.15) is 54.6 Å². The van der Waals surface area contributed by atoms with Crippen LogP contribution in [0.25, 0.3) is 6.08 Å². The zero-order chi connectivity index (χ0) is 38.6. The topological polar surface area (TPSA) is 275 Å². The summed E-state index contributed by atoms with van der Waals surface area (Å²) in [4.78, 5) is 13.0. The molecule has 17 nitrogen and oxygen atoms in total. The zero-order valence-corrected chi connectivity index (χ0v) is 29.0. The van der Waals surface area contributed by atoms with Crippen molar-refractivity contribution >= 4 is 12.0 Å². The molecule has 15 atom stereocenters. The van der Waals surface area contributed by atoms with Gasteiger partial charge in [0.2, 0.25) is 0 Å². The fourth-order valence-corrected chi connectivity index (χ4v) is 6.62. The van der Waals surface area contributed by atoms with Crippen LogP contribution in [-0.4, -0.2) is 156 Å². The first kappa shape index (κ1) is 40.7. The van der Waals surface area contributed by atoms with Gasteiger partial charge in [-0.05, 0) is 67.2 Å². The number of hydrogen-bond donors (Lipinski definition) is 10. The maximum Gasteiger partial charge on any atom is 0.331 e. The largest absolute Gasteiger partial charge is 0.508 e. The molecule has 3 fully saturated rings. The maximum absolute atomic E-state index is 13.0. The van der Waals surface area contributed by atoms with Crippen molar-refractivity contribution in [1.82, 2.24) is 0 Å². The summed E-state index contributed by atoms with van der Waals surface area (Å²) in [6, 6.07) is 10.2. The van der Waals surface area contributed by atoms with Crippen molar-refractivity contribution in [1.29, 1.82) is 0 Å². The smallest absolute Gasteiger partial charge is 0.331 e. The van der Waals surface area contributed by atoms with E-state index in [1.165, 1.54) is 43.3 Å². The molecule has 0 amide bonds. The molecule has 53 heavy (non-hydrogen) atoms. The van der Waals surface area contributed by atoms with Crippen LogP contribution < -0.4 is 0 Å². The summed E-state index contributed by atoms with van der Waals surface area (Å²) in [6.07, 6.45) is -17.6. The summed E-state index contributed by atoms with van der Waals surface area (Å²) in [5.41, 5.74) is 1.12. The Morgan fingerprint density at radius 3 is 2.17 bits per heavy atom. The number of hydrogen-bond acceptors (Lipinski definition) is 17. The van der Waals surface area contributed by atoms with Crippen LogP contribution in [0.3, 0.4) is 0 Å². The Balaban J connectivity index is 1.32. The van der Waals surface area contributed by atoms with Gasteiger partial charge < -0.3 is 79.5 Å². The summed E-state index contributed by atoms with van der Waals surface area (Å²) in [5, 5.41) is 104. The van der Waals surface area contributed by atoms with Crippen molar-refractivity contribution in [2.24, 2.45) is 5.92 Å². The Labute approximate surface area is 304 Å². The molecule has 2 aliphatic heterocycles. The van der Waals surface area contributed by atoms with Gasteiger partial charge in [-0.1, -0.05) is 25.1 Å². The van der Waals surface area contributed by atoms with Crippen LogP contribution in [0.2, 0.25) is 0 Å². The lowest BCUT2D eigenvalue weighted by Crippen LogP contribution is -2.65. The molecule has 1 saturated carbocycles. The predicted molar refractivity (Wildman–Crippen MR) is 180 cm³/mol. The summed E-state index contributed by atoms with van der Waals surface area (Å²) in [7, 11) is 0. The summed E-state index contributed by atoms with van der Waals surface area (Å²) in [5.74, 6) is -2.16. The monoisotopic (exact) mass is 752 g/mol. The molecule has 2 saturated heterocycles. The molecule has 10 N–H and O–H groups in total. The first-order chi connectivity index (χ1) is 25.2. The number of ether oxygens (including phenoxy) is 6. The van der Waals surface area contributed by atoms with Gasteiger partial charge in [0.15, 0.2) is 30.2 Å². The van der Waals surface area contributed by atoms with Gasteiger partial charge in [-0.25, -0.2) is 4.79 Å². The number of benzene rings is 2. The molecule has 2 heterocycles. The molecule has 5 rings (SSSR count). The molecular weight excluding hydrogens is 704 g/mol. The molecule has 2 aromatic rings. The van der Waals surface area contributed by atoms with E-state index in [0.717, 1.165) is 11.6 Å². The van der Waals surface area contributed by atoms with Crippen LogP contribution in [0.1, 0.15) is 31.4 Å². The van der Waals surface area contributed by atoms with E-state index in [2.05, 4.69) is 0 Å². The van der Waals surface area contributed by atoms with Gasteiger partial charge in [-0.2, -0.15) is 0 Å². The van der Waals surface area contributed by atoms with Gasteiger partial charge in [0.05, 0.1) is 31.5 Å². The minimum absolute atomic E-state index is 0.00127. The molecule has 0 bridgehead atoms. The summed E-state index contributed by atoms with van der Waals surface area (Å²) >= 11 is 0. The molecule has 3 aliphatic rings. The predicted octanol–water partition coefficient (Wildman–Crippen LogP) is -1.21. The Bertz CT molecular complexity index is 1520. The van der Waals surface area contributed by atoms with E-state index in [1.54, 1.807) is 19.1 Å². The number of phenols is 3. The second kappa shape index (κ2) is 17.8. The van der Waals surface area contributed by atoms with E-state index in [0.29, 0.717) is 12.0 Å². The summed E-state index contributed by atoms with van der Waals surface area (Å²) < 4.78 is 35.0. The van der Waals surface area contributed by atoms with Crippen molar-refractivity contribution in [2.45, 2.75) is 113 Å². The Kier molecular flexibility index (Phi) is 13.7. The highest BCUT2D eigenvalue weighted by molar-refractivity contribution is 5.87. The van der Waals surface area contributed by atoms with Crippen molar-refractivity contribution in [2.75, 3.05) is 13.2 Å². The van der Waals surface area contributed by atoms with Gasteiger partial charge in [-0.15, -0.1) is 0 Å². The van der Waals surface area contributed by atoms with Gasteiger partial charge in [-0.3, -0.25) is 0 Å². The molecule has 0 spiro atoms. The first-order valence-electron chi connectivity index (χ1n) is 17.3. The fraction of sp³-hybridized carbons (Fsp3) is 0.583. The number of carbonyl (C=O) groups is 1. The molecule has 0 aromatic heterocycles. The minimum Gasteiger partial charge on any atom is -0.508 e. The molecule has 2 aromatic carbocycles. The zero-order valence-electron chi connectivity index (χ0n) is 29.0. The van der Waals surface area contributed by atoms with Crippen molar-refractivity contribution in [3.8, 4) is 17.2 Å². The highest BCUT2D eigenvalue weighted by Crippen LogP contribution is 2.35. The Morgan fingerprint density at radius 1 is 0.774 bits per heavy atom. The van der Waals surface area contributed by atoms with E-state index < -0.39 is 110 Å². The highest BCUT2D eigenvalue weighted by Gasteiger charge is 2.53. The van der Waals surface area contributed by atoms with Crippen molar-refractivity contribution < 1.29 is 84.3 Å². The lowest BCUT2D eigenvalue weighted by Gasteiger charge is -2.48. The van der Waals surface area contributed by atoms with Gasteiger partial charge in [0, 0.05) is 6.08 Å². The number of aliphatic hydroxyl groups excluding tert-OH is 7. The van der Waals surface area contributed by atoms with Crippen molar-refractivity contribution in [3.05, 3.63) is 59.7 Å². The number of aromatic hydroxyl groups is 3. The third-order valence-corrected chi connectivity index (χ3v) is 9.74. The molecule has 294 valence electrons. The van der Waals surface area contributed by atoms with Crippen LogP contribution >= 0.6 is 0 Å². The molecule has 0 radical (unpaired) electrons. The van der Waals surface area contributed by atoms with E-state index >= 15 is 0 Å². The van der Waals surface area contributed by atoms with Crippen LogP contribution in [0.4, 0.5) is 0 Å². The molecule has 17 heteroatoms. The second-order valence-electron chi connectivity index (χ2n) is 13.6. The number of carbonyl (C=O) groups excluding carboxylic acids is 1. The third kappa shape index (κ3) is 9.63. The highest BCUT2D eigenvalue weighted by atomic mass is 16.7. The van der Waals surface area contributed by atoms with Crippen LogP contribution in [-0.2, 0) is 39.6 Å². The van der Waals surface area contributed by atoms with Crippen LogP contribution in [0.5, 0.6) is 17.2 Å². The molecular formula is C36H48O17. The standard InChI is InChI=1S/C36H48O17/c1-16-13-23(27(43)28(44)26(16)42)50-32-17(2)49-36(30(46)29(32)45)53-34-31(47)35(48-12-11-18-3-7-20(38)8-4-18)51-24(15-37)33(34)52-25(41)10-6-19-5-9-21(39)22(40)14-19/h3-10,14,16-17,23-24,26-40,42-47H,11-13,15H2,1-2H3/b10-6+. The lowest BCUT2D eigenvalue weighted by atomic mass is 9.81. The van der Waals surface area contributed by atoms with E-state index in [9.17, 15) is 55.9 Å². The Morgan fingerprint density at radius 2 is 1.49 bits per heavy atom. The molecule has 15 unspecified atom stereocenters. The minimum atomic E-state index is -1.83. The quantitative estimate of drug-likeness (QED) is 0.0692. The van der Waals surface area contributed by atoms with Gasteiger partial charge in [0.25, 0.3) is 0 Å². The van der Waals surface area contributed by atoms with E-state index in [1.807, 2.05) is 0 Å².